The molecule has 1 rings (SSSR count). The molecule has 0 spiro atoms. The van der Waals surface area contributed by atoms with Crippen molar-refractivity contribution in [2.75, 3.05) is 19.7 Å². The molecule has 0 unspecified atom stereocenters. The number of rotatable bonds is 39. The third-order valence-electron chi connectivity index (χ3n) is 11.2. The van der Waals surface area contributed by atoms with Crippen LogP contribution in [0.25, 0.3) is 0 Å². The molecule has 0 aromatic rings. The molecule has 11 nitrogen and oxygen atoms in total. The van der Waals surface area contributed by atoms with Crippen LogP contribution >= 0.6 is 0 Å². The summed E-state index contributed by atoms with van der Waals surface area (Å²) in [6.45, 7) is 5.82. The van der Waals surface area contributed by atoms with E-state index in [1.165, 1.54) is 173 Å². The van der Waals surface area contributed by atoms with E-state index in [4.69, 9.17) is 21.0 Å². The molecular formula is C47H91N5O6. The number of carbonyl (C=O) groups is 4. The number of hydrogen-bond acceptors (Lipinski definition) is 6. The van der Waals surface area contributed by atoms with Gasteiger partial charge < -0.3 is 26.2 Å². The number of nitrogens with one attached hydrogen (secondary N) is 3. The Morgan fingerprint density at radius 2 is 1.05 bits per heavy atom. The first-order valence-corrected chi connectivity index (χ1v) is 24.3. The van der Waals surface area contributed by atoms with Crippen LogP contribution < -0.4 is 16.4 Å². The number of nitrogens with zero attached hydrogens (tertiary/aromatic N) is 1. The summed E-state index contributed by atoms with van der Waals surface area (Å²) in [5, 5.41) is 21.3. The lowest BCUT2D eigenvalue weighted by Crippen LogP contribution is -2.42. The number of likely N-dealkylation sites (tertiary alicyclic amines) is 1. The molecule has 1 aliphatic rings. The topological polar surface area (TPSA) is 175 Å². The van der Waals surface area contributed by atoms with Crippen molar-refractivity contribution < 1.29 is 29.0 Å². The number of imide groups is 1. The van der Waals surface area contributed by atoms with Crippen LogP contribution in [-0.4, -0.2) is 65.6 Å². The van der Waals surface area contributed by atoms with Crippen molar-refractivity contribution >= 4 is 29.8 Å². The number of guanidine groups is 1. The molecule has 0 aromatic heterocycles. The van der Waals surface area contributed by atoms with Gasteiger partial charge in [-0.1, -0.05) is 200 Å². The van der Waals surface area contributed by atoms with Gasteiger partial charge >= 0.3 is 12.1 Å². The Labute approximate surface area is 355 Å². The summed E-state index contributed by atoms with van der Waals surface area (Å²) in [5.41, 5.74) is 5.39. The molecule has 1 atom stereocenters. The summed E-state index contributed by atoms with van der Waals surface area (Å²) in [7, 11) is 0. The third kappa shape index (κ3) is 37.4. The highest BCUT2D eigenvalue weighted by molar-refractivity contribution is 5.92. The maximum atomic E-state index is 12.9. The second-order valence-electron chi connectivity index (χ2n) is 16.7. The SMILES string of the molecule is CCCCCCCCCCCCCCCCCCOC(=O)[C@H](CCCNC(=N)N)NC(=O)CCCCCCCCCCCCCCCCC.O=C(O)N1CCCC1=O. The van der Waals surface area contributed by atoms with E-state index in [9.17, 15) is 19.2 Å². The molecule has 3 amide bonds. The molecule has 1 aliphatic heterocycles. The van der Waals surface area contributed by atoms with Gasteiger partial charge in [0.25, 0.3) is 0 Å². The van der Waals surface area contributed by atoms with Crippen LogP contribution in [0.5, 0.6) is 0 Å². The summed E-state index contributed by atoms with van der Waals surface area (Å²) < 4.78 is 5.59. The van der Waals surface area contributed by atoms with Crippen LogP contribution in [0.15, 0.2) is 0 Å². The van der Waals surface area contributed by atoms with Gasteiger partial charge in [0, 0.05) is 25.9 Å². The molecule has 11 heteroatoms. The van der Waals surface area contributed by atoms with E-state index in [1.54, 1.807) is 0 Å². The molecule has 58 heavy (non-hydrogen) atoms. The maximum Gasteiger partial charge on any atom is 0.414 e. The standard InChI is InChI=1S/C42H84N4O3.C5H7NO3/c1-3-5-7-9-11-13-15-17-19-21-23-25-27-29-31-33-38-49-41(48)39(35-34-37-45-42(43)44)46-40(47)36-32-30-28-26-24-22-20-18-16-14-12-10-8-6-4-2;7-4-2-1-3-6(4)5(8)9/h39H,3-38H2,1-2H3,(H,46,47)(H4,43,44,45);1-3H2,(H,8,9)/t39-;/m0./s1. The summed E-state index contributed by atoms with van der Waals surface area (Å²) in [5.74, 6) is -0.769. The van der Waals surface area contributed by atoms with Crippen molar-refractivity contribution in [3.05, 3.63) is 0 Å². The van der Waals surface area contributed by atoms with Gasteiger partial charge in [-0.25, -0.2) is 14.5 Å². The van der Waals surface area contributed by atoms with Gasteiger partial charge in [-0.2, -0.15) is 0 Å². The molecule has 0 aliphatic carbocycles. The summed E-state index contributed by atoms with van der Waals surface area (Å²) in [6.07, 6.45) is 41.9. The first-order valence-electron chi connectivity index (χ1n) is 24.3. The molecule has 1 fully saturated rings. The van der Waals surface area contributed by atoms with Gasteiger partial charge in [0.15, 0.2) is 5.96 Å². The highest BCUT2D eigenvalue weighted by Crippen LogP contribution is 2.16. The van der Waals surface area contributed by atoms with Crippen molar-refractivity contribution in [2.45, 2.75) is 251 Å². The highest BCUT2D eigenvalue weighted by atomic mass is 16.5. The molecule has 1 saturated heterocycles. The largest absolute Gasteiger partial charge is 0.465 e. The zero-order chi connectivity index (χ0) is 42.7. The van der Waals surface area contributed by atoms with Crippen LogP contribution in [0.1, 0.15) is 245 Å². The lowest BCUT2D eigenvalue weighted by molar-refractivity contribution is -0.148. The van der Waals surface area contributed by atoms with Crippen LogP contribution in [0.3, 0.4) is 0 Å². The number of unbranched alkanes of at least 4 members (excludes halogenated alkanes) is 29. The van der Waals surface area contributed by atoms with Gasteiger partial charge in [0.2, 0.25) is 11.8 Å². The van der Waals surface area contributed by atoms with Gasteiger partial charge in [-0.3, -0.25) is 15.0 Å². The normalized spacial score (nSPS) is 12.9. The number of hydrogen-bond donors (Lipinski definition) is 5. The Morgan fingerprint density at radius 3 is 1.40 bits per heavy atom. The zero-order valence-corrected chi connectivity index (χ0v) is 37.7. The zero-order valence-electron chi connectivity index (χ0n) is 37.7. The number of carboxylic acid groups (broad SMARTS) is 1. The Hall–Kier alpha value is -2.85. The van der Waals surface area contributed by atoms with Crippen LogP contribution in [-0.2, 0) is 19.1 Å². The number of nitrogens with two attached hydrogens (primary N) is 1. The minimum Gasteiger partial charge on any atom is -0.465 e. The predicted octanol–water partition coefficient (Wildman–Crippen LogP) is 12.1. The summed E-state index contributed by atoms with van der Waals surface area (Å²) in [4.78, 5) is 47.1. The third-order valence-corrected chi connectivity index (χ3v) is 11.2. The van der Waals surface area contributed by atoms with Crippen molar-refractivity contribution in [2.24, 2.45) is 5.73 Å². The molecular weight excluding hydrogens is 731 g/mol. The molecule has 0 saturated carbocycles. The first-order chi connectivity index (χ1) is 28.2. The lowest BCUT2D eigenvalue weighted by atomic mass is 10.0. The Bertz CT molecular complexity index is 1010. The summed E-state index contributed by atoms with van der Waals surface area (Å²) in [6, 6.07) is -0.640. The van der Waals surface area contributed by atoms with Gasteiger partial charge in [0.05, 0.1) is 6.61 Å². The molecule has 6 N–H and O–H groups in total. The Kier molecular flexibility index (Phi) is 40.2. The first kappa shape index (κ1) is 55.2. The van der Waals surface area contributed by atoms with Crippen LogP contribution in [0.4, 0.5) is 4.79 Å². The van der Waals surface area contributed by atoms with Crippen molar-refractivity contribution in [3.8, 4) is 0 Å². The minimum absolute atomic E-state index is 0.0708. The molecule has 1 heterocycles. The fraction of sp³-hybridized carbons (Fsp3) is 0.894. The van der Waals surface area contributed by atoms with E-state index in [2.05, 4.69) is 24.5 Å². The van der Waals surface area contributed by atoms with Crippen molar-refractivity contribution in [1.82, 2.24) is 15.5 Å². The van der Waals surface area contributed by atoms with Crippen LogP contribution in [0, 0.1) is 5.41 Å². The quantitative estimate of drug-likeness (QED) is 0.0176. The average molecular weight is 822 g/mol. The molecule has 0 bridgehead atoms. The highest BCUT2D eigenvalue weighted by Gasteiger charge is 2.25. The Morgan fingerprint density at radius 1 is 0.655 bits per heavy atom. The van der Waals surface area contributed by atoms with E-state index in [0.29, 0.717) is 51.8 Å². The lowest BCUT2D eigenvalue weighted by Gasteiger charge is -2.18. The smallest absolute Gasteiger partial charge is 0.414 e. The number of carbonyl (C=O) groups excluding carboxylic acids is 3. The van der Waals surface area contributed by atoms with E-state index >= 15 is 0 Å². The number of esters is 1. The van der Waals surface area contributed by atoms with Gasteiger partial charge in [-0.15, -0.1) is 0 Å². The fourth-order valence-electron chi connectivity index (χ4n) is 7.48. The van der Waals surface area contributed by atoms with Crippen LogP contribution in [0.2, 0.25) is 0 Å². The second-order valence-corrected chi connectivity index (χ2v) is 16.7. The van der Waals surface area contributed by atoms with Crippen molar-refractivity contribution in [3.63, 3.8) is 0 Å². The molecule has 0 radical (unpaired) electrons. The van der Waals surface area contributed by atoms with E-state index in [-0.39, 0.29) is 23.7 Å². The average Bonchev–Trinajstić information content (AvgIpc) is 3.64. The molecule has 0 aromatic carbocycles. The maximum absolute atomic E-state index is 12.9. The van der Waals surface area contributed by atoms with Crippen molar-refractivity contribution in [1.29, 1.82) is 5.41 Å². The van der Waals surface area contributed by atoms with E-state index < -0.39 is 12.1 Å². The minimum atomic E-state index is -1.13. The number of ether oxygens (including phenoxy) is 1. The second kappa shape index (κ2) is 42.3. The van der Waals surface area contributed by atoms with Gasteiger partial charge in [0.1, 0.15) is 6.04 Å². The summed E-state index contributed by atoms with van der Waals surface area (Å²) >= 11 is 0. The van der Waals surface area contributed by atoms with Gasteiger partial charge in [-0.05, 0) is 32.1 Å². The molecule has 340 valence electrons. The predicted molar refractivity (Wildman–Crippen MR) is 240 cm³/mol. The fourth-order valence-corrected chi connectivity index (χ4v) is 7.48. The van der Waals surface area contributed by atoms with E-state index in [1.807, 2.05) is 0 Å². The monoisotopic (exact) mass is 822 g/mol. The van der Waals surface area contributed by atoms with E-state index in [0.717, 1.165) is 30.6 Å². The Balaban J connectivity index is 0.00000314. The number of amides is 3.